The Hall–Kier alpha value is -3.15. The van der Waals surface area contributed by atoms with Crippen LogP contribution in [0.5, 0.6) is 0 Å². The summed E-state index contributed by atoms with van der Waals surface area (Å²) in [4.78, 5) is 38.3. The van der Waals surface area contributed by atoms with E-state index in [4.69, 9.17) is 14.2 Å². The van der Waals surface area contributed by atoms with Gasteiger partial charge >= 0.3 is 17.9 Å². The topological polar surface area (TPSA) is 78.9 Å². The van der Waals surface area contributed by atoms with Crippen molar-refractivity contribution >= 4 is 17.9 Å². The second-order valence-corrected chi connectivity index (χ2v) is 21.3. The van der Waals surface area contributed by atoms with E-state index >= 15 is 0 Å². The summed E-state index contributed by atoms with van der Waals surface area (Å²) < 4.78 is 16.9. The molecule has 0 N–H and O–H groups in total. The highest BCUT2D eigenvalue weighted by Gasteiger charge is 2.19. The van der Waals surface area contributed by atoms with E-state index in [1.165, 1.54) is 186 Å². The molecule has 74 heavy (non-hydrogen) atoms. The summed E-state index contributed by atoms with van der Waals surface area (Å²) in [5.41, 5.74) is 0. The van der Waals surface area contributed by atoms with Crippen LogP contribution >= 0.6 is 0 Å². The number of esters is 3. The molecule has 0 fully saturated rings. The number of carbonyl (C=O) groups excluding carboxylic acids is 3. The average molecular weight is 1030 g/mol. The molecular weight excluding hydrogens is 913 g/mol. The zero-order valence-electron chi connectivity index (χ0n) is 49.1. The number of hydrogen-bond donors (Lipinski definition) is 0. The van der Waals surface area contributed by atoms with Gasteiger partial charge in [-0.15, -0.1) is 0 Å². The minimum Gasteiger partial charge on any atom is -0.462 e. The highest BCUT2D eigenvalue weighted by atomic mass is 16.6. The van der Waals surface area contributed by atoms with Crippen LogP contribution in [0.1, 0.15) is 323 Å². The van der Waals surface area contributed by atoms with Gasteiger partial charge < -0.3 is 14.2 Å². The van der Waals surface area contributed by atoms with Crippen molar-refractivity contribution in [1.29, 1.82) is 0 Å². The predicted molar refractivity (Wildman–Crippen MR) is 321 cm³/mol. The summed E-state index contributed by atoms with van der Waals surface area (Å²) in [6.45, 7) is 6.55. The Bertz CT molecular complexity index is 1370. The maximum absolute atomic E-state index is 12.9. The van der Waals surface area contributed by atoms with Crippen LogP contribution < -0.4 is 0 Å². The lowest BCUT2D eigenvalue weighted by atomic mass is 10.0. The Balaban J connectivity index is 4.37. The summed E-state index contributed by atoms with van der Waals surface area (Å²) in [5, 5.41) is 0. The lowest BCUT2D eigenvalue weighted by Gasteiger charge is -2.18. The normalized spacial score (nSPS) is 12.5. The van der Waals surface area contributed by atoms with E-state index in [1.54, 1.807) is 0 Å². The Labute approximate surface area is 459 Å². The first kappa shape index (κ1) is 70.8. The minimum absolute atomic E-state index is 0.0774. The predicted octanol–water partition coefficient (Wildman–Crippen LogP) is 21.7. The number of ether oxygens (including phenoxy) is 3. The van der Waals surface area contributed by atoms with Crippen LogP contribution in [0.2, 0.25) is 0 Å². The fraction of sp³-hybridized carbons (Fsp3) is 0.779. The van der Waals surface area contributed by atoms with Gasteiger partial charge in [0.2, 0.25) is 0 Å². The van der Waals surface area contributed by atoms with E-state index in [0.717, 1.165) is 96.3 Å². The Kier molecular flexibility index (Phi) is 59.7. The smallest absolute Gasteiger partial charge is 0.306 e. The average Bonchev–Trinajstić information content (AvgIpc) is 3.40. The molecular formula is C68H120O6. The first-order chi connectivity index (χ1) is 36.5. The summed E-state index contributed by atoms with van der Waals surface area (Å²) in [6, 6.07) is 0. The Morgan fingerprint density at radius 1 is 0.284 bits per heavy atom. The monoisotopic (exact) mass is 1030 g/mol. The van der Waals surface area contributed by atoms with Gasteiger partial charge in [0.05, 0.1) is 0 Å². The maximum atomic E-state index is 12.9. The largest absolute Gasteiger partial charge is 0.462 e. The molecule has 0 bridgehead atoms. The van der Waals surface area contributed by atoms with Crippen molar-refractivity contribution in [1.82, 2.24) is 0 Å². The van der Waals surface area contributed by atoms with Crippen molar-refractivity contribution in [2.45, 2.75) is 329 Å². The summed E-state index contributed by atoms with van der Waals surface area (Å²) in [7, 11) is 0. The molecule has 0 aromatic rings. The van der Waals surface area contributed by atoms with Crippen molar-refractivity contribution in [3.63, 3.8) is 0 Å². The molecule has 1 unspecified atom stereocenters. The first-order valence-electron chi connectivity index (χ1n) is 31.9. The van der Waals surface area contributed by atoms with Crippen LogP contribution in [-0.2, 0) is 28.6 Å². The lowest BCUT2D eigenvalue weighted by Crippen LogP contribution is -2.30. The van der Waals surface area contributed by atoms with Crippen molar-refractivity contribution in [2.24, 2.45) is 0 Å². The highest BCUT2D eigenvalue weighted by Crippen LogP contribution is 2.17. The molecule has 0 aromatic carbocycles. The second kappa shape index (κ2) is 62.4. The van der Waals surface area contributed by atoms with Gasteiger partial charge in [0.1, 0.15) is 13.2 Å². The SMILES string of the molecule is CC/C=C\C/C=C\C/C=C\C/C=C\C/C=C\CCCCCCCCCC(=O)OCC(COC(=O)CCCCCCCCCCCCCCCCCC)OC(=O)CCCCCCCCC/C=C\CCCCCCCC. The summed E-state index contributed by atoms with van der Waals surface area (Å²) >= 11 is 0. The van der Waals surface area contributed by atoms with Gasteiger partial charge in [0, 0.05) is 19.3 Å². The third kappa shape index (κ3) is 59.7. The third-order valence-electron chi connectivity index (χ3n) is 13.9. The van der Waals surface area contributed by atoms with Crippen LogP contribution in [0.15, 0.2) is 72.9 Å². The molecule has 0 aromatic heterocycles. The van der Waals surface area contributed by atoms with Gasteiger partial charge in [-0.2, -0.15) is 0 Å². The van der Waals surface area contributed by atoms with Gasteiger partial charge in [0.25, 0.3) is 0 Å². The Morgan fingerprint density at radius 2 is 0.527 bits per heavy atom. The molecule has 0 saturated heterocycles. The standard InChI is InChI=1S/C68H120O6/c1-4-7-10-13-16-19-22-25-28-31-32-33-34-35-36-38-40-43-46-49-52-55-58-61-67(70)73-64-65(63-72-66(69)60-57-54-51-48-45-42-39-30-27-24-21-18-15-12-9-6-3)74-68(71)62-59-56-53-50-47-44-41-37-29-26-23-20-17-14-11-8-5-2/h7,10,16,19,25-26,28-29,32-33,35-36,65H,4-6,8-9,11-15,17-18,20-24,27,30-31,34,37-64H2,1-3H3/b10-7-,19-16-,28-25-,29-26-,33-32-,36-35-. The van der Waals surface area contributed by atoms with Crippen LogP contribution in [0.25, 0.3) is 0 Å². The number of allylic oxidation sites excluding steroid dienone is 12. The number of rotatable bonds is 58. The zero-order chi connectivity index (χ0) is 53.6. The van der Waals surface area contributed by atoms with Crippen molar-refractivity contribution in [3.05, 3.63) is 72.9 Å². The molecule has 0 radical (unpaired) electrons. The van der Waals surface area contributed by atoms with E-state index in [2.05, 4.69) is 93.7 Å². The number of unbranched alkanes of at least 4 members (excludes halogenated alkanes) is 35. The molecule has 0 aliphatic rings. The number of hydrogen-bond acceptors (Lipinski definition) is 6. The van der Waals surface area contributed by atoms with Gasteiger partial charge in [-0.3, -0.25) is 14.4 Å². The van der Waals surface area contributed by atoms with Crippen LogP contribution in [0.3, 0.4) is 0 Å². The van der Waals surface area contributed by atoms with Crippen LogP contribution in [0, 0.1) is 0 Å². The molecule has 0 aliphatic carbocycles. The Morgan fingerprint density at radius 3 is 0.838 bits per heavy atom. The van der Waals surface area contributed by atoms with Crippen molar-refractivity contribution in [2.75, 3.05) is 13.2 Å². The van der Waals surface area contributed by atoms with E-state index in [0.29, 0.717) is 19.3 Å². The van der Waals surface area contributed by atoms with Crippen molar-refractivity contribution < 1.29 is 28.6 Å². The molecule has 0 heterocycles. The summed E-state index contributed by atoms with van der Waals surface area (Å²) in [6.07, 6.45) is 80.4. The highest BCUT2D eigenvalue weighted by molar-refractivity contribution is 5.71. The molecule has 0 amide bonds. The van der Waals surface area contributed by atoms with E-state index in [9.17, 15) is 14.4 Å². The summed E-state index contributed by atoms with van der Waals surface area (Å²) in [5.74, 6) is -0.876. The molecule has 0 spiro atoms. The molecule has 6 heteroatoms. The lowest BCUT2D eigenvalue weighted by molar-refractivity contribution is -0.167. The maximum Gasteiger partial charge on any atom is 0.306 e. The fourth-order valence-electron chi connectivity index (χ4n) is 9.17. The molecule has 0 saturated carbocycles. The quantitative estimate of drug-likeness (QED) is 0.0261. The van der Waals surface area contributed by atoms with E-state index in [1.807, 2.05) is 0 Å². The second-order valence-electron chi connectivity index (χ2n) is 21.3. The van der Waals surface area contributed by atoms with E-state index < -0.39 is 6.10 Å². The van der Waals surface area contributed by atoms with Crippen molar-refractivity contribution in [3.8, 4) is 0 Å². The molecule has 0 aliphatic heterocycles. The fourth-order valence-corrected chi connectivity index (χ4v) is 9.17. The van der Waals surface area contributed by atoms with Gasteiger partial charge in [-0.05, 0) is 89.9 Å². The van der Waals surface area contributed by atoms with E-state index in [-0.39, 0.29) is 31.1 Å². The molecule has 0 rings (SSSR count). The third-order valence-corrected chi connectivity index (χ3v) is 13.9. The molecule has 428 valence electrons. The van der Waals surface area contributed by atoms with Gasteiger partial charge in [-0.25, -0.2) is 0 Å². The first-order valence-corrected chi connectivity index (χ1v) is 31.9. The molecule has 6 nitrogen and oxygen atoms in total. The van der Waals surface area contributed by atoms with Gasteiger partial charge in [-0.1, -0.05) is 286 Å². The zero-order valence-corrected chi connectivity index (χ0v) is 49.1. The molecule has 1 atom stereocenters. The van der Waals surface area contributed by atoms with Crippen LogP contribution in [0.4, 0.5) is 0 Å². The number of carbonyl (C=O) groups is 3. The minimum atomic E-state index is -0.782. The van der Waals surface area contributed by atoms with Crippen LogP contribution in [-0.4, -0.2) is 37.2 Å². The van der Waals surface area contributed by atoms with Gasteiger partial charge in [0.15, 0.2) is 6.10 Å².